The zero-order chi connectivity index (χ0) is 15.4. The smallest absolute Gasteiger partial charge is 0.416 e. The van der Waals surface area contributed by atoms with Crippen molar-refractivity contribution in [3.8, 4) is 0 Å². The summed E-state index contributed by atoms with van der Waals surface area (Å²) in [5, 5.41) is 0.0937. The van der Waals surface area contributed by atoms with E-state index in [9.17, 15) is 9.59 Å². The van der Waals surface area contributed by atoms with E-state index in [0.29, 0.717) is 12.4 Å². The van der Waals surface area contributed by atoms with E-state index in [2.05, 4.69) is 4.98 Å². The molecule has 114 valence electrons. The average molecular weight is 312 g/mol. The van der Waals surface area contributed by atoms with Crippen molar-refractivity contribution in [3.05, 3.63) is 21.7 Å². The first-order valence-corrected chi connectivity index (χ1v) is 7.40. The third-order valence-electron chi connectivity index (χ3n) is 3.97. The Labute approximate surface area is 127 Å². The molecule has 1 saturated carbocycles. The van der Waals surface area contributed by atoms with Crippen molar-refractivity contribution >= 4 is 23.5 Å². The van der Waals surface area contributed by atoms with Crippen molar-refractivity contribution in [2.75, 3.05) is 4.90 Å². The molecule has 1 aromatic rings. The molecule has 0 saturated heterocycles. The summed E-state index contributed by atoms with van der Waals surface area (Å²) >= 11 is 5.88. The minimum Gasteiger partial charge on any atom is -0.443 e. The van der Waals surface area contributed by atoms with Crippen LogP contribution < -0.4 is 10.6 Å². The highest BCUT2D eigenvalue weighted by atomic mass is 35.5. The van der Waals surface area contributed by atoms with E-state index in [1.54, 1.807) is 11.0 Å². The highest BCUT2D eigenvalue weighted by molar-refractivity contribution is 6.29. The first-order valence-electron chi connectivity index (χ1n) is 7.02. The molecule has 0 atom stereocenters. The third kappa shape index (κ3) is 2.31. The molecular weight excluding hydrogens is 294 g/mol. The molecule has 0 radical (unpaired) electrons. The van der Waals surface area contributed by atoms with Crippen molar-refractivity contribution in [2.24, 2.45) is 0 Å². The summed E-state index contributed by atoms with van der Waals surface area (Å²) in [4.78, 5) is 29.9. The molecule has 0 aromatic carbocycles. The summed E-state index contributed by atoms with van der Waals surface area (Å²) in [7, 11) is 0. The fourth-order valence-corrected chi connectivity index (χ4v) is 3.14. The molecular formula is C14H18ClN3O3. The molecule has 1 aromatic heterocycles. The lowest BCUT2D eigenvalue weighted by atomic mass is 9.76. The normalized spacial score (nSPS) is 19.3. The van der Waals surface area contributed by atoms with Crippen molar-refractivity contribution in [1.82, 2.24) is 9.55 Å². The number of ether oxygens (including phenoxy) is 1. The van der Waals surface area contributed by atoms with Gasteiger partial charge in [-0.15, -0.1) is 0 Å². The Kier molecular flexibility index (Phi) is 3.06. The molecule has 3 rings (SSSR count). The number of anilines is 1. The van der Waals surface area contributed by atoms with Crippen LogP contribution in [0.4, 0.5) is 10.6 Å². The maximum Gasteiger partial charge on any atom is 0.416 e. The highest BCUT2D eigenvalue weighted by Gasteiger charge is 2.53. The van der Waals surface area contributed by atoms with Gasteiger partial charge in [0.2, 0.25) is 0 Å². The summed E-state index contributed by atoms with van der Waals surface area (Å²) < 4.78 is 7.01. The maximum absolute atomic E-state index is 12.6. The maximum atomic E-state index is 12.6. The zero-order valence-electron chi connectivity index (χ0n) is 12.4. The molecule has 0 unspecified atom stereocenters. The second-order valence-corrected chi connectivity index (χ2v) is 7.09. The number of nitrogens with zero attached hydrogens (tertiary/aromatic N) is 3. The highest BCUT2D eigenvalue weighted by Crippen LogP contribution is 2.46. The number of amides is 1. The second kappa shape index (κ2) is 4.47. The van der Waals surface area contributed by atoms with E-state index in [-0.39, 0.29) is 10.7 Å². The molecule has 1 spiro atoms. The van der Waals surface area contributed by atoms with E-state index < -0.39 is 17.4 Å². The van der Waals surface area contributed by atoms with E-state index in [1.807, 2.05) is 20.8 Å². The van der Waals surface area contributed by atoms with Crippen LogP contribution in [0.1, 0.15) is 40.0 Å². The summed E-state index contributed by atoms with van der Waals surface area (Å²) in [6.07, 6.45) is 2.30. The van der Waals surface area contributed by atoms with Gasteiger partial charge >= 0.3 is 11.8 Å². The van der Waals surface area contributed by atoms with Crippen molar-refractivity contribution < 1.29 is 9.53 Å². The first kappa shape index (κ1) is 14.4. The lowest BCUT2D eigenvalue weighted by Crippen LogP contribution is -2.56. The number of aromatic nitrogens is 2. The Balaban J connectivity index is 2.05. The number of carbonyl (C=O) groups excluding carboxylic acids is 1. The third-order valence-corrected chi connectivity index (χ3v) is 4.17. The number of rotatable bonds is 0. The minimum atomic E-state index is -0.591. The van der Waals surface area contributed by atoms with Crippen LogP contribution in [0.2, 0.25) is 5.15 Å². The van der Waals surface area contributed by atoms with Crippen LogP contribution in [-0.2, 0) is 11.3 Å². The second-order valence-electron chi connectivity index (χ2n) is 6.70. The molecule has 0 bridgehead atoms. The van der Waals surface area contributed by atoms with Gasteiger partial charge in [-0.05, 0) is 40.0 Å². The van der Waals surface area contributed by atoms with Gasteiger partial charge in [0, 0.05) is 6.07 Å². The van der Waals surface area contributed by atoms with Gasteiger partial charge in [0.05, 0.1) is 12.1 Å². The monoisotopic (exact) mass is 311 g/mol. The molecule has 1 aliphatic carbocycles. The standard InChI is InChI=1S/C14H18ClN3O3/c1-13(2,3)21-12(20)18-10-7-9(15)16-11(19)17(10)8-14(18)5-4-6-14/h7H,4-6,8H2,1-3H3. The summed E-state index contributed by atoms with van der Waals surface area (Å²) in [6, 6.07) is 1.56. The summed E-state index contributed by atoms with van der Waals surface area (Å²) in [5.41, 5.74) is -1.37. The van der Waals surface area contributed by atoms with Crippen molar-refractivity contribution in [2.45, 2.75) is 57.7 Å². The number of hydrogen-bond acceptors (Lipinski definition) is 4. The van der Waals surface area contributed by atoms with Gasteiger partial charge in [0.1, 0.15) is 16.6 Å². The Morgan fingerprint density at radius 2 is 2.10 bits per heavy atom. The van der Waals surface area contributed by atoms with Crippen LogP contribution in [0.3, 0.4) is 0 Å². The van der Waals surface area contributed by atoms with E-state index in [1.165, 1.54) is 4.57 Å². The summed E-state index contributed by atoms with van der Waals surface area (Å²) in [5.74, 6) is 0.481. The number of hydrogen-bond donors (Lipinski definition) is 0. The number of carbonyl (C=O) groups is 1. The van der Waals surface area contributed by atoms with Gasteiger partial charge in [-0.25, -0.2) is 9.59 Å². The topological polar surface area (TPSA) is 64.4 Å². The predicted octanol–water partition coefficient (Wildman–Crippen LogP) is 2.57. The van der Waals surface area contributed by atoms with Crippen LogP contribution in [0.25, 0.3) is 0 Å². The molecule has 2 heterocycles. The summed E-state index contributed by atoms with van der Waals surface area (Å²) in [6.45, 7) is 5.92. The minimum absolute atomic E-state index is 0.0937. The quantitative estimate of drug-likeness (QED) is 0.691. The van der Waals surface area contributed by atoms with E-state index in [4.69, 9.17) is 16.3 Å². The Bertz CT molecular complexity index is 658. The lowest BCUT2D eigenvalue weighted by molar-refractivity contribution is 0.0501. The fraction of sp³-hybridized carbons (Fsp3) is 0.643. The van der Waals surface area contributed by atoms with Crippen LogP contribution in [0.15, 0.2) is 10.9 Å². The molecule has 0 N–H and O–H groups in total. The van der Waals surface area contributed by atoms with Crippen LogP contribution in [0, 0.1) is 0 Å². The lowest BCUT2D eigenvalue weighted by Gasteiger charge is -2.44. The first-order chi connectivity index (χ1) is 9.72. The molecule has 6 nitrogen and oxygen atoms in total. The SMILES string of the molecule is CC(C)(C)OC(=O)N1c2cc(Cl)nc(=O)n2CC12CCC2. The van der Waals surface area contributed by atoms with Gasteiger partial charge in [-0.2, -0.15) is 4.98 Å². The van der Waals surface area contributed by atoms with Crippen LogP contribution in [0.5, 0.6) is 0 Å². The molecule has 1 aliphatic heterocycles. The van der Waals surface area contributed by atoms with Crippen LogP contribution in [-0.4, -0.2) is 26.8 Å². The molecule has 21 heavy (non-hydrogen) atoms. The number of halogens is 1. The van der Waals surface area contributed by atoms with E-state index >= 15 is 0 Å². The Morgan fingerprint density at radius 1 is 1.43 bits per heavy atom. The van der Waals surface area contributed by atoms with Gasteiger partial charge in [0.15, 0.2) is 0 Å². The Morgan fingerprint density at radius 3 is 2.62 bits per heavy atom. The van der Waals surface area contributed by atoms with Gasteiger partial charge in [-0.3, -0.25) is 9.47 Å². The van der Waals surface area contributed by atoms with E-state index in [0.717, 1.165) is 19.3 Å². The molecule has 2 aliphatic rings. The predicted molar refractivity (Wildman–Crippen MR) is 78.8 cm³/mol. The fourth-order valence-electron chi connectivity index (χ4n) is 2.97. The zero-order valence-corrected chi connectivity index (χ0v) is 13.1. The number of fused-ring (bicyclic) bond motifs is 1. The molecule has 7 heteroatoms. The average Bonchev–Trinajstić information content (AvgIpc) is 2.61. The van der Waals surface area contributed by atoms with Gasteiger partial charge < -0.3 is 4.74 Å². The Hall–Kier alpha value is -1.56. The van der Waals surface area contributed by atoms with Gasteiger partial charge in [-0.1, -0.05) is 11.6 Å². The largest absolute Gasteiger partial charge is 0.443 e. The van der Waals surface area contributed by atoms with Crippen molar-refractivity contribution in [3.63, 3.8) is 0 Å². The van der Waals surface area contributed by atoms with Crippen LogP contribution >= 0.6 is 11.6 Å². The molecule has 1 fully saturated rings. The molecule has 1 amide bonds. The van der Waals surface area contributed by atoms with Crippen molar-refractivity contribution in [1.29, 1.82) is 0 Å². The van der Waals surface area contributed by atoms with Gasteiger partial charge in [0.25, 0.3) is 0 Å².